The molecule has 152 valence electrons. The number of nitrogens with one attached hydrogen (secondary N) is 1. The first-order valence-electron chi connectivity index (χ1n) is 8.76. The molecule has 30 heavy (non-hydrogen) atoms. The van der Waals surface area contributed by atoms with Crippen molar-refractivity contribution in [3.05, 3.63) is 66.6 Å². The van der Waals surface area contributed by atoms with Crippen molar-refractivity contribution in [2.24, 2.45) is 0 Å². The second kappa shape index (κ2) is 7.56. The van der Waals surface area contributed by atoms with Gasteiger partial charge >= 0.3 is 6.01 Å². The van der Waals surface area contributed by atoms with Gasteiger partial charge in [-0.1, -0.05) is 18.2 Å². The van der Waals surface area contributed by atoms with Crippen molar-refractivity contribution in [2.45, 2.75) is 11.8 Å². The lowest BCUT2D eigenvalue weighted by atomic mass is 10.1. The third-order valence-electron chi connectivity index (χ3n) is 4.31. The molecule has 4 aromatic rings. The smallest absolute Gasteiger partial charge is 0.302 e. The van der Waals surface area contributed by atoms with Crippen LogP contribution in [-0.4, -0.2) is 35.5 Å². The number of carbonyl (C=O) groups excluding carboxylic acids is 1. The molecule has 4 rings (SSSR count). The molecule has 10 heteroatoms. The van der Waals surface area contributed by atoms with Gasteiger partial charge in [-0.25, -0.2) is 13.4 Å². The Balaban J connectivity index is 1.56. The second-order valence-corrected chi connectivity index (χ2v) is 8.50. The maximum absolute atomic E-state index is 12.7. The van der Waals surface area contributed by atoms with Crippen molar-refractivity contribution >= 4 is 21.8 Å². The van der Waals surface area contributed by atoms with Crippen LogP contribution in [0.15, 0.2) is 69.0 Å². The average molecular weight is 424 g/mol. The molecule has 0 aliphatic heterocycles. The number of anilines is 1. The number of amides is 1. The molecule has 0 saturated heterocycles. The van der Waals surface area contributed by atoms with E-state index in [-0.39, 0.29) is 22.4 Å². The Kier molecular flexibility index (Phi) is 4.92. The molecule has 0 radical (unpaired) electrons. The molecular weight excluding hydrogens is 408 g/mol. The zero-order chi connectivity index (χ0) is 21.3. The molecule has 0 atom stereocenters. The molecule has 3 heterocycles. The molecule has 1 N–H and O–H groups in total. The van der Waals surface area contributed by atoms with E-state index in [0.717, 1.165) is 18.2 Å². The summed E-state index contributed by atoms with van der Waals surface area (Å²) in [5.41, 5.74) is 2.84. The number of hydrogen-bond acceptors (Lipinski definition) is 8. The topological polar surface area (TPSA) is 128 Å². The van der Waals surface area contributed by atoms with E-state index in [0.29, 0.717) is 17.0 Å². The van der Waals surface area contributed by atoms with E-state index in [2.05, 4.69) is 20.3 Å². The molecule has 9 nitrogen and oxygen atoms in total. The summed E-state index contributed by atoms with van der Waals surface area (Å²) in [4.78, 5) is 25.4. The number of carbonyl (C=O) groups is 1. The first kappa shape index (κ1) is 19.5. The van der Waals surface area contributed by atoms with E-state index in [1.165, 1.54) is 18.4 Å². The second-order valence-electron chi connectivity index (χ2n) is 6.49. The van der Waals surface area contributed by atoms with E-state index in [4.69, 9.17) is 8.83 Å². The first-order chi connectivity index (χ1) is 14.3. The van der Waals surface area contributed by atoms with Crippen molar-refractivity contribution in [1.82, 2.24) is 15.0 Å². The third-order valence-corrected chi connectivity index (χ3v) is 5.43. The summed E-state index contributed by atoms with van der Waals surface area (Å²) in [6.07, 6.45) is 5.29. The van der Waals surface area contributed by atoms with Crippen molar-refractivity contribution in [3.63, 3.8) is 0 Å². The Labute approximate surface area is 171 Å². The standard InChI is InChI=1S/C20H16N4O5S/c1-12-4-3-9-21-16(12)15-10-28-20(23-15)24-19(25)18-17(22-11-29-18)13-5-7-14(8-6-13)30(2,26)27/h3-11H,1-2H3,(H,23,24,25). The van der Waals surface area contributed by atoms with Crippen LogP contribution in [0.3, 0.4) is 0 Å². The maximum Gasteiger partial charge on any atom is 0.302 e. The van der Waals surface area contributed by atoms with Gasteiger partial charge in [-0.2, -0.15) is 4.98 Å². The highest BCUT2D eigenvalue weighted by atomic mass is 32.2. The lowest BCUT2D eigenvalue weighted by Crippen LogP contribution is -2.12. The number of hydrogen-bond donors (Lipinski definition) is 1. The SMILES string of the molecule is Cc1cccnc1-c1coc(NC(=O)c2ocnc2-c2ccc(S(C)(=O)=O)cc2)n1. The van der Waals surface area contributed by atoms with Crippen molar-refractivity contribution in [1.29, 1.82) is 0 Å². The van der Waals surface area contributed by atoms with Gasteiger partial charge in [0, 0.05) is 18.0 Å². The zero-order valence-electron chi connectivity index (χ0n) is 16.0. The van der Waals surface area contributed by atoms with Gasteiger partial charge < -0.3 is 8.83 Å². The summed E-state index contributed by atoms with van der Waals surface area (Å²) in [7, 11) is -3.33. The van der Waals surface area contributed by atoms with Gasteiger partial charge in [-0.15, -0.1) is 0 Å². The Morgan fingerprint density at radius 1 is 1.03 bits per heavy atom. The highest BCUT2D eigenvalue weighted by Gasteiger charge is 2.21. The number of nitrogens with zero attached hydrogens (tertiary/aromatic N) is 3. The number of pyridine rings is 1. The van der Waals surface area contributed by atoms with Crippen molar-refractivity contribution in [3.8, 4) is 22.6 Å². The molecule has 1 aromatic carbocycles. The number of sulfone groups is 1. The molecule has 0 bridgehead atoms. The van der Waals surface area contributed by atoms with Crippen LogP contribution in [0.4, 0.5) is 6.01 Å². The molecule has 0 aliphatic rings. The predicted molar refractivity (Wildman–Crippen MR) is 107 cm³/mol. The normalized spacial score (nSPS) is 11.4. The van der Waals surface area contributed by atoms with Crippen LogP contribution in [0.1, 0.15) is 16.1 Å². The summed E-state index contributed by atoms with van der Waals surface area (Å²) in [5, 5.41) is 2.53. The van der Waals surface area contributed by atoms with Gasteiger partial charge in [0.2, 0.25) is 5.76 Å². The van der Waals surface area contributed by atoms with Gasteiger partial charge in [0.15, 0.2) is 16.2 Å². The highest BCUT2D eigenvalue weighted by Crippen LogP contribution is 2.26. The van der Waals surface area contributed by atoms with Crippen LogP contribution in [-0.2, 0) is 9.84 Å². The average Bonchev–Trinajstić information content (AvgIpc) is 3.37. The summed E-state index contributed by atoms with van der Waals surface area (Å²) in [6.45, 7) is 1.89. The Morgan fingerprint density at radius 2 is 1.80 bits per heavy atom. The molecular formula is C20H16N4O5S. The largest absolute Gasteiger partial charge is 0.438 e. The minimum atomic E-state index is -3.33. The first-order valence-corrected chi connectivity index (χ1v) is 10.6. The van der Waals surface area contributed by atoms with E-state index in [1.54, 1.807) is 18.3 Å². The van der Waals surface area contributed by atoms with Gasteiger partial charge in [0.25, 0.3) is 5.91 Å². The molecule has 0 spiro atoms. The molecule has 0 unspecified atom stereocenters. The fourth-order valence-corrected chi connectivity index (χ4v) is 3.45. The molecule has 0 saturated carbocycles. The van der Waals surface area contributed by atoms with E-state index >= 15 is 0 Å². The van der Waals surface area contributed by atoms with Gasteiger partial charge in [-0.05, 0) is 30.7 Å². The van der Waals surface area contributed by atoms with Gasteiger partial charge in [0.05, 0.1) is 10.6 Å². The van der Waals surface area contributed by atoms with Crippen LogP contribution < -0.4 is 5.32 Å². The van der Waals surface area contributed by atoms with Crippen LogP contribution in [0, 0.1) is 6.92 Å². The third kappa shape index (κ3) is 3.85. The Hall–Kier alpha value is -3.79. The lowest BCUT2D eigenvalue weighted by Gasteiger charge is -2.03. The van der Waals surface area contributed by atoms with Crippen LogP contribution in [0.5, 0.6) is 0 Å². The van der Waals surface area contributed by atoms with Crippen molar-refractivity contribution in [2.75, 3.05) is 11.6 Å². The quantitative estimate of drug-likeness (QED) is 0.516. The number of aromatic nitrogens is 3. The summed E-state index contributed by atoms with van der Waals surface area (Å²) in [6, 6.07) is 9.68. The number of rotatable bonds is 5. The van der Waals surface area contributed by atoms with Gasteiger partial charge in [0.1, 0.15) is 17.7 Å². The summed E-state index contributed by atoms with van der Waals surface area (Å²) < 4.78 is 33.8. The maximum atomic E-state index is 12.7. The van der Waals surface area contributed by atoms with Crippen LogP contribution in [0.25, 0.3) is 22.6 Å². The van der Waals surface area contributed by atoms with Crippen LogP contribution in [0.2, 0.25) is 0 Å². The van der Waals surface area contributed by atoms with E-state index in [1.807, 2.05) is 19.1 Å². The van der Waals surface area contributed by atoms with Crippen LogP contribution >= 0.6 is 0 Å². The minimum Gasteiger partial charge on any atom is -0.438 e. The summed E-state index contributed by atoms with van der Waals surface area (Å²) >= 11 is 0. The molecule has 0 fully saturated rings. The number of benzene rings is 1. The highest BCUT2D eigenvalue weighted by molar-refractivity contribution is 7.90. The Morgan fingerprint density at radius 3 is 2.50 bits per heavy atom. The van der Waals surface area contributed by atoms with E-state index < -0.39 is 15.7 Å². The van der Waals surface area contributed by atoms with Gasteiger partial charge in [-0.3, -0.25) is 15.1 Å². The summed E-state index contributed by atoms with van der Waals surface area (Å²) in [5.74, 6) is -0.670. The zero-order valence-corrected chi connectivity index (χ0v) is 16.8. The fourth-order valence-electron chi connectivity index (χ4n) is 2.82. The monoisotopic (exact) mass is 424 g/mol. The predicted octanol–water partition coefficient (Wildman–Crippen LogP) is 3.36. The Bertz CT molecular complexity index is 1320. The molecule has 1 amide bonds. The number of oxazole rings is 2. The van der Waals surface area contributed by atoms with Crippen molar-refractivity contribution < 1.29 is 22.0 Å². The number of aryl methyl sites for hydroxylation is 1. The fraction of sp³-hybridized carbons (Fsp3) is 0.100. The minimum absolute atomic E-state index is 0.0187. The molecule has 3 aromatic heterocycles. The molecule has 0 aliphatic carbocycles. The lowest BCUT2D eigenvalue weighted by molar-refractivity contribution is 0.0994. The van der Waals surface area contributed by atoms with E-state index in [9.17, 15) is 13.2 Å².